The topological polar surface area (TPSA) is 34.2 Å². The van der Waals surface area contributed by atoms with Crippen LogP contribution in [-0.2, 0) is 4.74 Å². The van der Waals surface area contributed by atoms with Crippen molar-refractivity contribution in [2.75, 3.05) is 45.9 Å². The minimum absolute atomic E-state index is 0.670. The van der Waals surface area contributed by atoms with Crippen molar-refractivity contribution in [2.45, 2.75) is 239 Å². The van der Waals surface area contributed by atoms with E-state index >= 15 is 0 Å². The van der Waals surface area contributed by atoms with Crippen molar-refractivity contribution in [2.24, 2.45) is 0 Å². The Morgan fingerprint density at radius 3 is 0.964 bits per heavy atom. The van der Waals surface area contributed by atoms with E-state index in [0.717, 1.165) is 43.7 Å². The third-order valence-corrected chi connectivity index (χ3v) is 11.8. The van der Waals surface area contributed by atoms with Gasteiger partial charge in [0.25, 0.3) is 0 Å². The van der Waals surface area contributed by atoms with Crippen LogP contribution >= 0.6 is 0 Å². The highest BCUT2D eigenvalue weighted by molar-refractivity contribution is 5.33. The fraction of sp³-hybridized carbons (Fsp3) is 0.880. The van der Waals surface area contributed by atoms with Gasteiger partial charge in [0.1, 0.15) is 11.5 Å². The van der Waals surface area contributed by atoms with E-state index in [1.54, 1.807) is 0 Å². The van der Waals surface area contributed by atoms with E-state index < -0.39 is 5.97 Å². The van der Waals surface area contributed by atoms with Crippen LogP contribution in [0, 0.1) is 0 Å². The molecule has 0 spiro atoms. The molecule has 0 radical (unpaired) electrons. The Bertz CT molecular complexity index is 878. The molecule has 0 atom stereocenters. The van der Waals surface area contributed by atoms with Crippen LogP contribution < -0.4 is 9.47 Å². The van der Waals surface area contributed by atoms with Crippen LogP contribution in [0.5, 0.6) is 11.5 Å². The zero-order valence-electron chi connectivity index (χ0n) is 37.5. The normalized spacial score (nSPS) is 13.5. The molecule has 5 heteroatoms. The molecule has 2 aliphatic rings. The van der Waals surface area contributed by atoms with Crippen molar-refractivity contribution in [1.82, 2.24) is 9.80 Å². The summed E-state index contributed by atoms with van der Waals surface area (Å²) in [5.74, 6) is 0.663. The smallest absolute Gasteiger partial charge is 0.371 e. The van der Waals surface area contributed by atoms with Gasteiger partial charge < -0.3 is 24.0 Å². The summed E-state index contributed by atoms with van der Waals surface area (Å²) in [6.07, 6.45) is 42.5. The van der Waals surface area contributed by atoms with Gasteiger partial charge in [-0.15, -0.1) is 0 Å². The Labute approximate surface area is 343 Å². The SMILES string of the molecule is CCCCCCCCCN(CCCCCCCCC)CCCCOC1(CCCN(CCCCCCCCC)CCCCCCCCC)Oc2ccc(cc2)O1. The van der Waals surface area contributed by atoms with E-state index in [2.05, 4.69) is 37.5 Å². The van der Waals surface area contributed by atoms with Gasteiger partial charge in [0.05, 0.1) is 13.0 Å². The first-order valence-electron chi connectivity index (χ1n) is 24.7. The second kappa shape index (κ2) is 35.8. The van der Waals surface area contributed by atoms with Gasteiger partial charge in [-0.3, -0.25) is 0 Å². The van der Waals surface area contributed by atoms with Crippen LogP contribution in [0.2, 0.25) is 0 Å². The highest BCUT2D eigenvalue weighted by Gasteiger charge is 2.38. The Hall–Kier alpha value is -1.30. The molecule has 3 rings (SSSR count). The standard InChI is InChI=1S/C50H94N2O3/c1-5-9-13-17-21-25-29-41-51(42-30-26-22-18-14-10-6-2)45-33-34-47-53-50(54-48-36-37-49(55-50)39-38-48)40-35-46-52(43-31-27-23-19-15-11-7-3)44-32-28-24-20-16-12-8-4/h36-39H,5-35,40-47H2,1-4H3. The molecule has 2 bridgehead atoms. The molecule has 2 heterocycles. The maximum Gasteiger partial charge on any atom is 0.371 e. The van der Waals surface area contributed by atoms with Crippen LogP contribution in [0.15, 0.2) is 24.3 Å². The molecule has 0 fully saturated rings. The summed E-state index contributed by atoms with van der Waals surface area (Å²) >= 11 is 0. The zero-order valence-corrected chi connectivity index (χ0v) is 37.5. The Morgan fingerprint density at radius 2 is 0.636 bits per heavy atom. The summed E-state index contributed by atoms with van der Waals surface area (Å²) in [5.41, 5.74) is 0. The summed E-state index contributed by atoms with van der Waals surface area (Å²) in [7, 11) is 0. The first-order chi connectivity index (χ1) is 27.1. The highest BCUT2D eigenvalue weighted by Crippen LogP contribution is 2.34. The number of benzene rings is 1. The van der Waals surface area contributed by atoms with Crippen LogP contribution in [-0.4, -0.2) is 61.6 Å². The van der Waals surface area contributed by atoms with E-state index in [-0.39, 0.29) is 0 Å². The lowest BCUT2D eigenvalue weighted by Crippen LogP contribution is -2.45. The number of hydrogen-bond acceptors (Lipinski definition) is 5. The molecule has 0 aliphatic carbocycles. The molecule has 1 aromatic carbocycles. The molecule has 0 N–H and O–H groups in total. The number of hydrogen-bond donors (Lipinski definition) is 0. The van der Waals surface area contributed by atoms with Crippen LogP contribution in [0.1, 0.15) is 233 Å². The summed E-state index contributed by atoms with van der Waals surface area (Å²) < 4.78 is 19.8. The molecule has 322 valence electrons. The molecular formula is C50H94N2O3. The lowest BCUT2D eigenvalue weighted by molar-refractivity contribution is -0.304. The second-order valence-corrected chi connectivity index (χ2v) is 17.2. The summed E-state index contributed by atoms with van der Waals surface area (Å²) in [6, 6.07) is 8.11. The molecule has 0 saturated heterocycles. The largest absolute Gasteiger partial charge is 0.430 e. The Morgan fingerprint density at radius 1 is 0.364 bits per heavy atom. The number of unbranched alkanes of at least 4 members (excludes halogenated alkanes) is 25. The van der Waals surface area contributed by atoms with Crippen molar-refractivity contribution < 1.29 is 14.2 Å². The molecule has 55 heavy (non-hydrogen) atoms. The molecule has 2 aliphatic heterocycles. The van der Waals surface area contributed by atoms with Gasteiger partial charge in [-0.05, 0) is 108 Å². The summed E-state index contributed by atoms with van der Waals surface area (Å²) in [4.78, 5) is 5.50. The Balaban J connectivity index is 1.86. The molecular weight excluding hydrogens is 677 g/mol. The van der Waals surface area contributed by atoms with Crippen LogP contribution in [0.4, 0.5) is 0 Å². The summed E-state index contributed by atoms with van der Waals surface area (Å²) in [6.45, 7) is 17.1. The van der Waals surface area contributed by atoms with Gasteiger partial charge in [0, 0.05) is 0 Å². The van der Waals surface area contributed by atoms with Crippen molar-refractivity contribution in [3.8, 4) is 11.5 Å². The van der Waals surface area contributed by atoms with Gasteiger partial charge in [0.15, 0.2) is 0 Å². The maximum atomic E-state index is 6.67. The van der Waals surface area contributed by atoms with Gasteiger partial charge in [0.2, 0.25) is 0 Å². The average Bonchev–Trinajstić information content (AvgIpc) is 3.48. The molecule has 0 amide bonds. The number of fused-ring (bicyclic) bond motifs is 4. The predicted octanol–water partition coefficient (Wildman–Crippen LogP) is 15.3. The quantitative estimate of drug-likeness (QED) is 0.0619. The minimum Gasteiger partial charge on any atom is -0.430 e. The third kappa shape index (κ3) is 27.1. The zero-order chi connectivity index (χ0) is 39.3. The number of nitrogens with zero attached hydrogens (tertiary/aromatic N) is 2. The average molecular weight is 771 g/mol. The fourth-order valence-electron chi connectivity index (χ4n) is 8.21. The molecule has 0 aromatic heterocycles. The van der Waals surface area contributed by atoms with Crippen molar-refractivity contribution in [3.05, 3.63) is 24.3 Å². The van der Waals surface area contributed by atoms with Crippen LogP contribution in [0.25, 0.3) is 0 Å². The van der Waals surface area contributed by atoms with Crippen molar-refractivity contribution in [1.29, 1.82) is 0 Å². The van der Waals surface area contributed by atoms with Crippen molar-refractivity contribution in [3.63, 3.8) is 0 Å². The third-order valence-electron chi connectivity index (χ3n) is 11.8. The first kappa shape index (κ1) is 49.8. The predicted molar refractivity (Wildman–Crippen MR) is 240 cm³/mol. The van der Waals surface area contributed by atoms with Gasteiger partial charge in [-0.2, -0.15) is 0 Å². The maximum absolute atomic E-state index is 6.67. The molecule has 5 nitrogen and oxygen atoms in total. The first-order valence-corrected chi connectivity index (χ1v) is 24.7. The van der Waals surface area contributed by atoms with Gasteiger partial charge >= 0.3 is 5.97 Å². The van der Waals surface area contributed by atoms with E-state index in [1.807, 2.05) is 24.3 Å². The molecule has 0 saturated carbocycles. The lowest BCUT2D eigenvalue weighted by Gasteiger charge is -2.33. The van der Waals surface area contributed by atoms with E-state index in [1.165, 1.54) is 213 Å². The van der Waals surface area contributed by atoms with E-state index in [0.29, 0.717) is 6.61 Å². The Kier molecular flexibility index (Phi) is 32.5. The van der Waals surface area contributed by atoms with Crippen LogP contribution in [0.3, 0.4) is 0 Å². The van der Waals surface area contributed by atoms with Gasteiger partial charge in [-0.25, -0.2) is 0 Å². The van der Waals surface area contributed by atoms with Gasteiger partial charge in [-0.1, -0.05) is 182 Å². The highest BCUT2D eigenvalue weighted by atomic mass is 16.9. The lowest BCUT2D eigenvalue weighted by atomic mass is 10.1. The minimum atomic E-state index is -1.03. The monoisotopic (exact) mass is 771 g/mol. The number of rotatable bonds is 42. The van der Waals surface area contributed by atoms with E-state index in [4.69, 9.17) is 14.2 Å². The number of ether oxygens (including phenoxy) is 3. The summed E-state index contributed by atoms with van der Waals surface area (Å²) in [5, 5.41) is 0. The second-order valence-electron chi connectivity index (χ2n) is 17.2. The molecule has 1 aromatic rings. The van der Waals surface area contributed by atoms with Crippen molar-refractivity contribution >= 4 is 0 Å². The fourth-order valence-corrected chi connectivity index (χ4v) is 8.21. The molecule has 0 unspecified atom stereocenters. The van der Waals surface area contributed by atoms with E-state index in [9.17, 15) is 0 Å².